The molecule has 0 fully saturated rings. The van der Waals surface area contributed by atoms with Crippen LogP contribution in [0, 0.1) is 11.7 Å². The fourth-order valence-electron chi connectivity index (χ4n) is 4.55. The summed E-state index contributed by atoms with van der Waals surface area (Å²) in [4.78, 5) is 22.1. The molecule has 2 aromatic carbocycles. The summed E-state index contributed by atoms with van der Waals surface area (Å²) in [7, 11) is 3.59. The van der Waals surface area contributed by atoms with E-state index in [2.05, 4.69) is 9.88 Å². The number of nitrogens with zero attached hydrogens (tertiary/aromatic N) is 3. The molecule has 1 N–H and O–H groups in total. The smallest absolute Gasteiger partial charge is 0.259 e. The zero-order chi connectivity index (χ0) is 26.5. The molecule has 0 radical (unpaired) electrons. The van der Waals surface area contributed by atoms with Crippen LogP contribution in [0.2, 0.25) is 0 Å². The number of benzene rings is 2. The molecule has 37 heavy (non-hydrogen) atoms. The van der Waals surface area contributed by atoms with Gasteiger partial charge in [0.15, 0.2) is 0 Å². The van der Waals surface area contributed by atoms with E-state index in [1.165, 1.54) is 12.1 Å². The first-order valence-corrected chi connectivity index (χ1v) is 12.4. The molecule has 0 saturated heterocycles. The first-order valence-electron chi connectivity index (χ1n) is 12.4. The van der Waals surface area contributed by atoms with Crippen LogP contribution in [-0.2, 0) is 6.54 Å². The van der Waals surface area contributed by atoms with Gasteiger partial charge in [-0.25, -0.2) is 9.37 Å². The van der Waals surface area contributed by atoms with Crippen molar-refractivity contribution in [2.45, 2.75) is 32.5 Å². The predicted octanol–water partition coefficient (Wildman–Crippen LogP) is 4.25. The summed E-state index contributed by atoms with van der Waals surface area (Å²) >= 11 is 0. The van der Waals surface area contributed by atoms with Crippen LogP contribution in [0.1, 0.15) is 29.8 Å². The number of carbonyl (C=O) groups is 1. The number of fused-ring (bicyclic) bond motifs is 1. The van der Waals surface area contributed by atoms with Crippen LogP contribution in [0.15, 0.2) is 60.8 Å². The predicted molar refractivity (Wildman–Crippen MR) is 140 cm³/mol. The molecular formula is C29H34FN3O4. The number of rotatable bonds is 8. The molecule has 1 aliphatic heterocycles. The van der Waals surface area contributed by atoms with Gasteiger partial charge in [-0.2, -0.15) is 0 Å². The first-order chi connectivity index (χ1) is 17.8. The number of carbonyl (C=O) groups excluding carboxylic acids is 1. The van der Waals surface area contributed by atoms with E-state index in [0.29, 0.717) is 30.9 Å². The third-order valence-electron chi connectivity index (χ3n) is 6.78. The Morgan fingerprint density at radius 3 is 2.68 bits per heavy atom. The Bertz CT molecular complexity index is 1220. The lowest BCUT2D eigenvalue weighted by molar-refractivity contribution is 0.0325. The van der Waals surface area contributed by atoms with E-state index >= 15 is 0 Å². The van der Waals surface area contributed by atoms with Crippen molar-refractivity contribution in [3.63, 3.8) is 0 Å². The normalized spacial score (nSPS) is 18.6. The Morgan fingerprint density at radius 1 is 1.22 bits per heavy atom. The van der Waals surface area contributed by atoms with Crippen molar-refractivity contribution in [2.75, 3.05) is 33.9 Å². The van der Waals surface area contributed by atoms with E-state index in [9.17, 15) is 14.3 Å². The molecule has 8 heteroatoms. The highest BCUT2D eigenvalue weighted by Gasteiger charge is 2.34. The van der Waals surface area contributed by atoms with Crippen LogP contribution >= 0.6 is 0 Å². The number of methoxy groups -OCH3 is 1. The molecule has 1 aromatic heterocycles. The number of hydrogen-bond acceptors (Lipinski definition) is 6. The lowest BCUT2D eigenvalue weighted by Crippen LogP contribution is -2.49. The van der Waals surface area contributed by atoms with Gasteiger partial charge < -0.3 is 19.5 Å². The van der Waals surface area contributed by atoms with E-state index in [0.717, 1.165) is 16.7 Å². The largest absolute Gasteiger partial charge is 0.497 e. The SMILES string of the molecule is COc1cccc(-c2cnc3c(c2)C(=O)N([C@@H](C)CO)C[C@H](C)[C@@H](CN(C)Cc2ccc(F)cc2)O3)c1. The molecule has 1 amide bonds. The highest BCUT2D eigenvalue weighted by molar-refractivity contribution is 5.98. The number of aromatic nitrogens is 1. The van der Waals surface area contributed by atoms with Gasteiger partial charge in [-0.3, -0.25) is 9.69 Å². The summed E-state index contributed by atoms with van der Waals surface area (Å²) in [6, 6.07) is 15.5. The van der Waals surface area contributed by atoms with Crippen molar-refractivity contribution in [3.05, 3.63) is 77.7 Å². The van der Waals surface area contributed by atoms with Crippen LogP contribution in [0.4, 0.5) is 4.39 Å². The number of aliphatic hydroxyl groups is 1. The second-order valence-corrected chi connectivity index (χ2v) is 9.75. The maximum atomic E-state index is 13.7. The number of ether oxygens (including phenoxy) is 2. The van der Waals surface area contributed by atoms with Crippen molar-refractivity contribution in [2.24, 2.45) is 5.92 Å². The molecule has 7 nitrogen and oxygen atoms in total. The lowest BCUT2D eigenvalue weighted by atomic mass is 9.99. The Labute approximate surface area is 217 Å². The molecule has 196 valence electrons. The average molecular weight is 508 g/mol. The van der Waals surface area contributed by atoms with Crippen LogP contribution < -0.4 is 9.47 Å². The van der Waals surface area contributed by atoms with Crippen LogP contribution in [0.25, 0.3) is 11.1 Å². The molecule has 0 saturated carbocycles. The van der Waals surface area contributed by atoms with Gasteiger partial charge in [0.25, 0.3) is 5.91 Å². The van der Waals surface area contributed by atoms with Gasteiger partial charge in [0.1, 0.15) is 23.2 Å². The van der Waals surface area contributed by atoms with Gasteiger partial charge >= 0.3 is 0 Å². The molecule has 3 atom stereocenters. The molecular weight excluding hydrogens is 473 g/mol. The third kappa shape index (κ3) is 6.26. The first kappa shape index (κ1) is 26.6. The maximum Gasteiger partial charge on any atom is 0.259 e. The molecule has 3 aromatic rings. The number of pyridine rings is 1. The minimum atomic E-state index is -0.362. The van der Waals surface area contributed by atoms with Crippen molar-refractivity contribution in [3.8, 4) is 22.8 Å². The minimum Gasteiger partial charge on any atom is -0.497 e. The Morgan fingerprint density at radius 2 is 1.97 bits per heavy atom. The van der Waals surface area contributed by atoms with Gasteiger partial charge in [0.05, 0.1) is 19.8 Å². The monoisotopic (exact) mass is 507 g/mol. The van der Waals surface area contributed by atoms with Crippen LogP contribution in [-0.4, -0.2) is 71.8 Å². The third-order valence-corrected chi connectivity index (χ3v) is 6.78. The fourth-order valence-corrected chi connectivity index (χ4v) is 4.55. The topological polar surface area (TPSA) is 75.1 Å². The van der Waals surface area contributed by atoms with E-state index in [4.69, 9.17) is 9.47 Å². The standard InChI is InChI=1S/C29H34FN3O4/c1-19-15-33(20(2)18-34)29(35)26-13-23(22-6-5-7-25(12-22)36-4)14-31-28(26)37-27(19)17-32(3)16-21-8-10-24(30)11-9-21/h5-14,19-20,27,34H,15-18H2,1-4H3/t19-,20-,27+/m0/s1. The minimum absolute atomic E-state index is 0.0263. The van der Waals surface area contributed by atoms with Gasteiger partial charge in [-0.1, -0.05) is 31.2 Å². The summed E-state index contributed by atoms with van der Waals surface area (Å²) in [5.41, 5.74) is 2.99. The molecule has 0 spiro atoms. The Hall–Kier alpha value is -3.49. The van der Waals surface area contributed by atoms with Gasteiger partial charge in [0.2, 0.25) is 5.88 Å². The van der Waals surface area contributed by atoms with E-state index in [-0.39, 0.29) is 42.3 Å². The van der Waals surface area contributed by atoms with Gasteiger partial charge in [-0.05, 0) is 55.4 Å². The highest BCUT2D eigenvalue weighted by Crippen LogP contribution is 2.31. The number of likely N-dealkylation sites (N-methyl/N-ethyl adjacent to an activating group) is 1. The van der Waals surface area contributed by atoms with Gasteiger partial charge in [-0.15, -0.1) is 0 Å². The van der Waals surface area contributed by atoms with Crippen molar-refractivity contribution in [1.29, 1.82) is 0 Å². The average Bonchev–Trinajstić information content (AvgIpc) is 2.91. The van der Waals surface area contributed by atoms with Crippen molar-refractivity contribution >= 4 is 5.91 Å². The molecule has 1 aliphatic rings. The number of amides is 1. The molecule has 0 bridgehead atoms. The van der Waals surface area contributed by atoms with E-state index < -0.39 is 0 Å². The molecule has 2 heterocycles. The van der Waals surface area contributed by atoms with Crippen molar-refractivity contribution in [1.82, 2.24) is 14.8 Å². The summed E-state index contributed by atoms with van der Waals surface area (Å²) in [6.45, 7) is 5.35. The molecule has 0 unspecified atom stereocenters. The summed E-state index contributed by atoms with van der Waals surface area (Å²) in [6.07, 6.45) is 1.44. The number of halogens is 1. The summed E-state index contributed by atoms with van der Waals surface area (Å²) in [5.74, 6) is 0.474. The second kappa shape index (κ2) is 11.7. The Kier molecular flexibility index (Phi) is 8.41. The zero-order valence-corrected chi connectivity index (χ0v) is 21.7. The summed E-state index contributed by atoms with van der Waals surface area (Å²) < 4.78 is 25.1. The zero-order valence-electron chi connectivity index (χ0n) is 21.7. The van der Waals surface area contributed by atoms with E-state index in [1.54, 1.807) is 36.4 Å². The van der Waals surface area contributed by atoms with Crippen LogP contribution in [0.3, 0.4) is 0 Å². The second-order valence-electron chi connectivity index (χ2n) is 9.75. The highest BCUT2D eigenvalue weighted by atomic mass is 19.1. The Balaban J connectivity index is 1.65. The summed E-state index contributed by atoms with van der Waals surface area (Å²) in [5, 5.41) is 9.90. The van der Waals surface area contributed by atoms with Crippen molar-refractivity contribution < 1.29 is 23.8 Å². The number of hydrogen-bond donors (Lipinski definition) is 1. The maximum absolute atomic E-state index is 13.7. The quantitative estimate of drug-likeness (QED) is 0.492. The fraction of sp³-hybridized carbons (Fsp3) is 0.379. The van der Waals surface area contributed by atoms with E-state index in [1.807, 2.05) is 45.2 Å². The van der Waals surface area contributed by atoms with Gasteiger partial charge in [0, 0.05) is 37.3 Å². The molecule has 4 rings (SSSR count). The number of aliphatic hydroxyl groups excluding tert-OH is 1. The molecule has 0 aliphatic carbocycles. The van der Waals surface area contributed by atoms with Crippen LogP contribution in [0.5, 0.6) is 11.6 Å². The lowest BCUT2D eigenvalue weighted by Gasteiger charge is -2.37.